The minimum absolute atomic E-state index is 0.0511. The quantitative estimate of drug-likeness (QED) is 0.794. The largest absolute Gasteiger partial charge is 0.459 e. The molecule has 1 aliphatic heterocycles. The van der Waals surface area contributed by atoms with Crippen LogP contribution in [-0.2, 0) is 4.79 Å². The summed E-state index contributed by atoms with van der Waals surface area (Å²) in [5.41, 5.74) is 1.45. The zero-order valence-electron chi connectivity index (χ0n) is 10.8. The number of hydrogen-bond donors (Lipinski definition) is 2. The normalized spacial score (nSPS) is 21.1. The van der Waals surface area contributed by atoms with E-state index in [0.29, 0.717) is 12.8 Å². The first-order valence-electron chi connectivity index (χ1n) is 6.64. The molecule has 0 bridgehead atoms. The van der Waals surface area contributed by atoms with E-state index in [4.69, 9.17) is 4.42 Å². The standard InChI is InChI=1S/C13H15N3O4/c17-10(9-5-4-8-20-9)15-16-11(18)13(14-12(16)19)6-2-1-3-7-13/h4-5,8H,1-3,6-7H2,(H,14,19)(H,15,17). The lowest BCUT2D eigenvalue weighted by Gasteiger charge is -2.30. The maximum Gasteiger partial charge on any atom is 0.344 e. The molecule has 0 radical (unpaired) electrons. The van der Waals surface area contributed by atoms with Crippen molar-refractivity contribution in [3.05, 3.63) is 24.2 Å². The minimum atomic E-state index is -0.841. The number of hydrazine groups is 1. The summed E-state index contributed by atoms with van der Waals surface area (Å²) in [7, 11) is 0. The lowest BCUT2D eigenvalue weighted by atomic mass is 9.82. The summed E-state index contributed by atoms with van der Waals surface area (Å²) in [6, 6.07) is 2.44. The van der Waals surface area contributed by atoms with Crippen LogP contribution in [0.4, 0.5) is 4.79 Å². The molecule has 7 nitrogen and oxygen atoms in total. The Morgan fingerprint density at radius 2 is 2.05 bits per heavy atom. The number of imide groups is 1. The third-order valence-corrected chi connectivity index (χ3v) is 3.83. The molecule has 0 unspecified atom stereocenters. The maximum atomic E-state index is 12.4. The van der Waals surface area contributed by atoms with Crippen molar-refractivity contribution in [2.75, 3.05) is 0 Å². The minimum Gasteiger partial charge on any atom is -0.459 e. The molecular weight excluding hydrogens is 262 g/mol. The molecule has 4 amide bonds. The van der Waals surface area contributed by atoms with E-state index >= 15 is 0 Å². The van der Waals surface area contributed by atoms with E-state index in [2.05, 4.69) is 10.7 Å². The van der Waals surface area contributed by atoms with Crippen LogP contribution in [0.5, 0.6) is 0 Å². The molecule has 1 aromatic rings. The fourth-order valence-corrected chi connectivity index (χ4v) is 2.78. The fourth-order valence-electron chi connectivity index (χ4n) is 2.78. The summed E-state index contributed by atoms with van der Waals surface area (Å²) in [6.07, 6.45) is 5.43. The zero-order valence-corrected chi connectivity index (χ0v) is 10.8. The van der Waals surface area contributed by atoms with Gasteiger partial charge in [-0.1, -0.05) is 19.3 Å². The van der Waals surface area contributed by atoms with E-state index in [1.54, 1.807) is 6.07 Å². The predicted molar refractivity (Wildman–Crippen MR) is 67.4 cm³/mol. The van der Waals surface area contributed by atoms with Crippen molar-refractivity contribution in [1.29, 1.82) is 0 Å². The van der Waals surface area contributed by atoms with Gasteiger partial charge in [-0.05, 0) is 25.0 Å². The van der Waals surface area contributed by atoms with Crippen LogP contribution in [0.3, 0.4) is 0 Å². The predicted octanol–water partition coefficient (Wildman–Crippen LogP) is 1.18. The van der Waals surface area contributed by atoms with Crippen LogP contribution < -0.4 is 10.7 Å². The summed E-state index contributed by atoms with van der Waals surface area (Å²) < 4.78 is 4.93. The van der Waals surface area contributed by atoms with Crippen LogP contribution in [0.25, 0.3) is 0 Å². The molecule has 1 saturated heterocycles. The molecule has 2 aliphatic rings. The zero-order chi connectivity index (χ0) is 14.2. The summed E-state index contributed by atoms with van der Waals surface area (Å²) in [5.74, 6) is -0.955. The molecule has 7 heteroatoms. The molecule has 106 valence electrons. The number of furan rings is 1. The molecule has 1 aliphatic carbocycles. The highest BCUT2D eigenvalue weighted by Crippen LogP contribution is 2.33. The maximum absolute atomic E-state index is 12.4. The van der Waals surface area contributed by atoms with Gasteiger partial charge in [-0.2, -0.15) is 5.01 Å². The molecular formula is C13H15N3O4. The summed E-state index contributed by atoms with van der Waals surface area (Å²) in [6.45, 7) is 0. The van der Waals surface area contributed by atoms with Gasteiger partial charge >= 0.3 is 11.9 Å². The number of hydrogen-bond acceptors (Lipinski definition) is 4. The van der Waals surface area contributed by atoms with Crippen molar-refractivity contribution in [1.82, 2.24) is 15.8 Å². The van der Waals surface area contributed by atoms with E-state index < -0.39 is 17.5 Å². The first-order chi connectivity index (χ1) is 9.62. The van der Waals surface area contributed by atoms with Crippen molar-refractivity contribution < 1.29 is 18.8 Å². The lowest BCUT2D eigenvalue weighted by molar-refractivity contribution is -0.134. The highest BCUT2D eigenvalue weighted by Gasteiger charge is 2.52. The molecule has 1 spiro atoms. The second kappa shape index (κ2) is 4.66. The number of nitrogens with one attached hydrogen (secondary N) is 2. The Kier molecular flexibility index (Phi) is 2.96. The topological polar surface area (TPSA) is 91.7 Å². The van der Waals surface area contributed by atoms with Crippen LogP contribution in [0.1, 0.15) is 42.7 Å². The van der Waals surface area contributed by atoms with Crippen LogP contribution in [0, 0.1) is 0 Å². The second-order valence-corrected chi connectivity index (χ2v) is 5.13. The van der Waals surface area contributed by atoms with E-state index in [-0.39, 0.29) is 11.7 Å². The van der Waals surface area contributed by atoms with Crippen molar-refractivity contribution in [3.8, 4) is 0 Å². The van der Waals surface area contributed by atoms with Crippen LogP contribution in [0.2, 0.25) is 0 Å². The third kappa shape index (κ3) is 1.95. The Hall–Kier alpha value is -2.31. The fraction of sp³-hybridized carbons (Fsp3) is 0.462. The number of nitrogens with zero attached hydrogens (tertiary/aromatic N) is 1. The van der Waals surface area contributed by atoms with Gasteiger partial charge in [-0.15, -0.1) is 0 Å². The molecule has 0 aromatic carbocycles. The number of urea groups is 1. The number of amides is 4. The highest BCUT2D eigenvalue weighted by atomic mass is 16.3. The van der Waals surface area contributed by atoms with Gasteiger partial charge in [0, 0.05) is 0 Å². The van der Waals surface area contributed by atoms with Gasteiger partial charge in [0.05, 0.1) is 6.26 Å². The number of rotatable bonds is 2. The van der Waals surface area contributed by atoms with Gasteiger partial charge in [0.1, 0.15) is 5.54 Å². The van der Waals surface area contributed by atoms with Gasteiger partial charge in [-0.3, -0.25) is 9.59 Å². The molecule has 2 N–H and O–H groups in total. The van der Waals surface area contributed by atoms with E-state index in [0.717, 1.165) is 24.3 Å². The van der Waals surface area contributed by atoms with E-state index in [1.165, 1.54) is 12.3 Å². The molecule has 3 rings (SSSR count). The Morgan fingerprint density at radius 1 is 1.30 bits per heavy atom. The second-order valence-electron chi connectivity index (χ2n) is 5.13. The first-order valence-corrected chi connectivity index (χ1v) is 6.64. The lowest BCUT2D eigenvalue weighted by Crippen LogP contribution is -2.50. The Balaban J connectivity index is 1.75. The van der Waals surface area contributed by atoms with Crippen LogP contribution in [0.15, 0.2) is 22.8 Å². The third-order valence-electron chi connectivity index (χ3n) is 3.83. The molecule has 1 saturated carbocycles. The average molecular weight is 277 g/mol. The van der Waals surface area contributed by atoms with Gasteiger partial charge in [-0.25, -0.2) is 10.2 Å². The van der Waals surface area contributed by atoms with Gasteiger partial charge in [0.25, 0.3) is 5.91 Å². The molecule has 0 atom stereocenters. The molecule has 20 heavy (non-hydrogen) atoms. The number of carbonyl (C=O) groups excluding carboxylic acids is 3. The molecule has 2 heterocycles. The SMILES string of the molecule is O=C(NN1C(=O)NC2(CCCCC2)C1=O)c1ccco1. The van der Waals surface area contributed by atoms with Crippen LogP contribution in [-0.4, -0.2) is 28.4 Å². The Bertz CT molecular complexity index is 546. The van der Waals surface area contributed by atoms with Gasteiger partial charge in [0.2, 0.25) is 0 Å². The van der Waals surface area contributed by atoms with E-state index in [9.17, 15) is 14.4 Å². The highest BCUT2D eigenvalue weighted by molar-refractivity contribution is 6.08. The molecule has 1 aromatic heterocycles. The Morgan fingerprint density at radius 3 is 2.70 bits per heavy atom. The van der Waals surface area contributed by atoms with E-state index in [1.807, 2.05) is 0 Å². The van der Waals surface area contributed by atoms with Crippen molar-refractivity contribution in [3.63, 3.8) is 0 Å². The smallest absolute Gasteiger partial charge is 0.344 e. The van der Waals surface area contributed by atoms with Crippen LogP contribution >= 0.6 is 0 Å². The summed E-state index contributed by atoms with van der Waals surface area (Å²) in [4.78, 5) is 36.2. The summed E-state index contributed by atoms with van der Waals surface area (Å²) in [5, 5.41) is 3.47. The average Bonchev–Trinajstić information content (AvgIpc) is 3.04. The number of carbonyl (C=O) groups is 3. The monoisotopic (exact) mass is 277 g/mol. The first kappa shape index (κ1) is 12.7. The van der Waals surface area contributed by atoms with Crippen molar-refractivity contribution in [2.45, 2.75) is 37.6 Å². The van der Waals surface area contributed by atoms with Gasteiger partial charge < -0.3 is 9.73 Å². The molecule has 2 fully saturated rings. The Labute approximate surface area is 115 Å². The van der Waals surface area contributed by atoms with Crippen molar-refractivity contribution >= 4 is 17.8 Å². The van der Waals surface area contributed by atoms with Crippen molar-refractivity contribution in [2.24, 2.45) is 0 Å². The summed E-state index contributed by atoms with van der Waals surface area (Å²) >= 11 is 0. The van der Waals surface area contributed by atoms with Gasteiger partial charge in [0.15, 0.2) is 5.76 Å².